The summed E-state index contributed by atoms with van der Waals surface area (Å²) >= 11 is 0. The molecule has 8 heavy (non-hydrogen) atoms. The van der Waals surface area contributed by atoms with Crippen molar-refractivity contribution in [2.24, 2.45) is 0 Å². The summed E-state index contributed by atoms with van der Waals surface area (Å²) in [7, 11) is 2.22. The van der Waals surface area contributed by atoms with Gasteiger partial charge >= 0.3 is 0 Å². The molecule has 0 radical (unpaired) electrons. The molecular weight excluding hydrogens is 96.9 g/mol. The average Bonchev–Trinajstić information content (AvgIpc) is 1.66. The molecule has 0 aliphatic rings. The molecule has 0 saturated carbocycles. The fraction of sp³-hybridized carbons (Fsp3) is 1.00. The SMILES string of the molecule is BC(C)CNCCC. The Morgan fingerprint density at radius 2 is 2.25 bits per heavy atom. The van der Waals surface area contributed by atoms with Crippen LogP contribution in [-0.4, -0.2) is 20.9 Å². The van der Waals surface area contributed by atoms with E-state index in [1.807, 2.05) is 0 Å². The normalized spacial score (nSPS) is 13.8. The summed E-state index contributed by atoms with van der Waals surface area (Å²) in [5.74, 6) is 0.793. The second-order valence-electron chi connectivity index (χ2n) is 2.60. The largest absolute Gasteiger partial charge is 0.317 e. The van der Waals surface area contributed by atoms with E-state index in [1.54, 1.807) is 0 Å². The molecule has 0 aliphatic heterocycles. The van der Waals surface area contributed by atoms with Crippen LogP contribution in [0.4, 0.5) is 0 Å². The molecule has 48 valence electrons. The monoisotopic (exact) mass is 113 g/mol. The van der Waals surface area contributed by atoms with Crippen LogP contribution >= 0.6 is 0 Å². The smallest absolute Gasteiger partial charge is 0.106 e. The van der Waals surface area contributed by atoms with Crippen molar-refractivity contribution in [2.45, 2.75) is 26.1 Å². The molecule has 0 aromatic carbocycles. The van der Waals surface area contributed by atoms with Crippen molar-refractivity contribution >= 4 is 7.85 Å². The van der Waals surface area contributed by atoms with Gasteiger partial charge in [-0.25, -0.2) is 0 Å². The van der Waals surface area contributed by atoms with Gasteiger partial charge in [-0.3, -0.25) is 0 Å². The molecule has 0 fully saturated rings. The number of rotatable bonds is 4. The Hall–Kier alpha value is 0.0249. The zero-order valence-electron chi connectivity index (χ0n) is 6.20. The highest BCUT2D eigenvalue weighted by Gasteiger charge is 1.89. The average molecular weight is 113 g/mol. The van der Waals surface area contributed by atoms with Crippen LogP contribution in [-0.2, 0) is 0 Å². The fourth-order valence-electron chi connectivity index (χ4n) is 0.568. The molecule has 0 aromatic rings. The Balaban J connectivity index is 2.72. The molecule has 0 heterocycles. The first-order chi connectivity index (χ1) is 3.77. The second-order valence-corrected chi connectivity index (χ2v) is 2.60. The molecule has 0 aliphatic carbocycles. The molecule has 0 aromatic heterocycles. The van der Waals surface area contributed by atoms with Gasteiger partial charge < -0.3 is 5.32 Å². The third-order valence-corrected chi connectivity index (χ3v) is 0.979. The maximum atomic E-state index is 3.33. The highest BCUT2D eigenvalue weighted by molar-refractivity contribution is 6.11. The van der Waals surface area contributed by atoms with Crippen molar-refractivity contribution in [2.75, 3.05) is 13.1 Å². The molecule has 0 bridgehead atoms. The molecule has 0 saturated heterocycles. The number of hydrogen-bond acceptors (Lipinski definition) is 1. The van der Waals surface area contributed by atoms with Crippen molar-refractivity contribution in [3.05, 3.63) is 0 Å². The molecule has 0 spiro atoms. The maximum absolute atomic E-state index is 3.33. The van der Waals surface area contributed by atoms with E-state index in [9.17, 15) is 0 Å². The van der Waals surface area contributed by atoms with Crippen LogP contribution in [0.3, 0.4) is 0 Å². The molecule has 0 amide bonds. The summed E-state index contributed by atoms with van der Waals surface area (Å²) in [5, 5.41) is 3.33. The Morgan fingerprint density at radius 3 is 2.62 bits per heavy atom. The first-order valence-electron chi connectivity index (χ1n) is 3.48. The van der Waals surface area contributed by atoms with Crippen molar-refractivity contribution in [3.63, 3.8) is 0 Å². The van der Waals surface area contributed by atoms with Crippen molar-refractivity contribution in [3.8, 4) is 0 Å². The lowest BCUT2D eigenvalue weighted by Gasteiger charge is -2.03. The Kier molecular flexibility index (Phi) is 5.18. The van der Waals surface area contributed by atoms with Gasteiger partial charge in [0.2, 0.25) is 0 Å². The van der Waals surface area contributed by atoms with Gasteiger partial charge in [-0.15, -0.1) is 0 Å². The van der Waals surface area contributed by atoms with Gasteiger partial charge in [0.25, 0.3) is 0 Å². The predicted molar refractivity (Wildman–Crippen MR) is 41.1 cm³/mol. The molecule has 1 N–H and O–H groups in total. The van der Waals surface area contributed by atoms with Gasteiger partial charge in [0.05, 0.1) is 0 Å². The van der Waals surface area contributed by atoms with Gasteiger partial charge in [-0.05, 0) is 19.5 Å². The minimum absolute atomic E-state index is 0.793. The van der Waals surface area contributed by atoms with Gasteiger partial charge in [0.15, 0.2) is 0 Å². The number of hydrogen-bond donors (Lipinski definition) is 1. The second kappa shape index (κ2) is 5.17. The summed E-state index contributed by atoms with van der Waals surface area (Å²) in [6.07, 6.45) is 1.24. The maximum Gasteiger partial charge on any atom is 0.106 e. The van der Waals surface area contributed by atoms with Crippen molar-refractivity contribution < 1.29 is 0 Å². The summed E-state index contributed by atoms with van der Waals surface area (Å²) in [4.78, 5) is 0. The van der Waals surface area contributed by atoms with E-state index in [4.69, 9.17) is 0 Å². The molecule has 1 atom stereocenters. The van der Waals surface area contributed by atoms with Crippen LogP contribution in [0, 0.1) is 0 Å². The highest BCUT2D eigenvalue weighted by Crippen LogP contribution is 1.89. The van der Waals surface area contributed by atoms with E-state index in [0.29, 0.717) is 0 Å². The first kappa shape index (κ1) is 8.02. The summed E-state index contributed by atoms with van der Waals surface area (Å²) in [5.41, 5.74) is 0. The summed E-state index contributed by atoms with van der Waals surface area (Å²) in [6, 6.07) is 0. The topological polar surface area (TPSA) is 12.0 Å². The lowest BCUT2D eigenvalue weighted by Crippen LogP contribution is -2.18. The fourth-order valence-corrected chi connectivity index (χ4v) is 0.568. The van der Waals surface area contributed by atoms with Gasteiger partial charge in [-0.2, -0.15) is 0 Å². The lowest BCUT2D eigenvalue weighted by atomic mass is 9.90. The van der Waals surface area contributed by atoms with Gasteiger partial charge in [0, 0.05) is 0 Å². The molecule has 1 nitrogen and oxygen atoms in total. The quantitative estimate of drug-likeness (QED) is 0.411. The Morgan fingerprint density at radius 1 is 1.62 bits per heavy atom. The van der Waals surface area contributed by atoms with E-state index in [0.717, 1.165) is 18.9 Å². The predicted octanol–water partition coefficient (Wildman–Crippen LogP) is 0.427. The van der Waals surface area contributed by atoms with Crippen LogP contribution in [0.2, 0.25) is 5.82 Å². The van der Waals surface area contributed by atoms with Crippen LogP contribution < -0.4 is 5.32 Å². The molecular formula is C6H16BN. The van der Waals surface area contributed by atoms with Gasteiger partial charge in [0.1, 0.15) is 7.85 Å². The van der Waals surface area contributed by atoms with Crippen LogP contribution in [0.25, 0.3) is 0 Å². The summed E-state index contributed by atoms with van der Waals surface area (Å²) in [6.45, 7) is 6.74. The van der Waals surface area contributed by atoms with E-state index < -0.39 is 0 Å². The van der Waals surface area contributed by atoms with E-state index in [1.165, 1.54) is 6.42 Å². The van der Waals surface area contributed by atoms with E-state index in [2.05, 4.69) is 27.0 Å². The third kappa shape index (κ3) is 6.02. The van der Waals surface area contributed by atoms with Gasteiger partial charge in [-0.1, -0.05) is 19.7 Å². The van der Waals surface area contributed by atoms with Crippen LogP contribution in [0.15, 0.2) is 0 Å². The highest BCUT2D eigenvalue weighted by atomic mass is 14.8. The number of nitrogens with one attached hydrogen (secondary N) is 1. The third-order valence-electron chi connectivity index (χ3n) is 0.979. The van der Waals surface area contributed by atoms with Crippen LogP contribution in [0.5, 0.6) is 0 Å². The zero-order chi connectivity index (χ0) is 6.41. The molecule has 2 heteroatoms. The van der Waals surface area contributed by atoms with E-state index in [-0.39, 0.29) is 0 Å². The van der Waals surface area contributed by atoms with E-state index >= 15 is 0 Å². The van der Waals surface area contributed by atoms with Crippen molar-refractivity contribution in [1.82, 2.24) is 5.32 Å². The molecule has 1 unspecified atom stereocenters. The minimum Gasteiger partial charge on any atom is -0.317 e. The standard InChI is InChI=1S/C6H16BN/c1-3-4-8-5-6(2)7/h6,8H,3-5,7H2,1-2H3. The molecule has 0 rings (SSSR count). The zero-order valence-corrected chi connectivity index (χ0v) is 6.20. The lowest BCUT2D eigenvalue weighted by molar-refractivity contribution is 0.661. The Labute approximate surface area is 53.3 Å². The minimum atomic E-state index is 0.793. The van der Waals surface area contributed by atoms with Crippen molar-refractivity contribution in [1.29, 1.82) is 0 Å². The Bertz CT molecular complexity index is 45.8. The first-order valence-corrected chi connectivity index (χ1v) is 3.48. The van der Waals surface area contributed by atoms with Crippen LogP contribution in [0.1, 0.15) is 20.3 Å². The summed E-state index contributed by atoms with van der Waals surface area (Å²) < 4.78 is 0.